The number of ether oxygens (including phenoxy) is 1. The first-order chi connectivity index (χ1) is 11.6. The average molecular weight is 334 g/mol. The summed E-state index contributed by atoms with van der Waals surface area (Å²) >= 11 is 0. The molecule has 0 unspecified atom stereocenters. The molecule has 1 spiro atoms. The van der Waals surface area contributed by atoms with E-state index >= 15 is 0 Å². The van der Waals surface area contributed by atoms with Crippen LogP contribution < -0.4 is 0 Å². The number of amides is 2. The van der Waals surface area contributed by atoms with Crippen molar-refractivity contribution in [2.24, 2.45) is 11.3 Å². The molecule has 3 aliphatic rings. The van der Waals surface area contributed by atoms with Gasteiger partial charge in [0.15, 0.2) is 0 Å². The Balaban J connectivity index is 1.46. The molecule has 2 heterocycles. The largest absolute Gasteiger partial charge is 0.385 e. The molecule has 0 aromatic rings. The number of carbonyl (C=O) groups is 2. The highest BCUT2D eigenvalue weighted by Gasteiger charge is 2.45. The molecule has 0 N–H and O–H groups in total. The summed E-state index contributed by atoms with van der Waals surface area (Å²) < 4.78 is 5.08. The molecule has 3 rings (SSSR count). The lowest BCUT2D eigenvalue weighted by Crippen LogP contribution is -2.44. The fraction of sp³-hybridized carbons (Fsp3) is 0.789. The van der Waals surface area contributed by atoms with Crippen molar-refractivity contribution < 1.29 is 14.3 Å². The van der Waals surface area contributed by atoms with E-state index in [2.05, 4.69) is 12.2 Å². The van der Waals surface area contributed by atoms with Gasteiger partial charge in [0.2, 0.25) is 11.8 Å². The second-order valence-electron chi connectivity index (χ2n) is 7.69. The van der Waals surface area contributed by atoms with Crippen LogP contribution in [0.3, 0.4) is 0 Å². The molecule has 0 saturated carbocycles. The molecule has 0 aromatic carbocycles. The molecule has 24 heavy (non-hydrogen) atoms. The summed E-state index contributed by atoms with van der Waals surface area (Å²) in [4.78, 5) is 28.8. The third kappa shape index (κ3) is 4.00. The maximum atomic E-state index is 12.5. The molecule has 1 aliphatic carbocycles. The van der Waals surface area contributed by atoms with Crippen LogP contribution in [0.2, 0.25) is 0 Å². The van der Waals surface area contributed by atoms with Crippen molar-refractivity contribution in [2.45, 2.75) is 44.9 Å². The molecule has 134 valence electrons. The number of carbonyl (C=O) groups excluding carboxylic acids is 2. The first kappa shape index (κ1) is 17.5. The van der Waals surface area contributed by atoms with E-state index in [4.69, 9.17) is 4.74 Å². The molecule has 2 amide bonds. The second-order valence-corrected chi connectivity index (χ2v) is 7.69. The van der Waals surface area contributed by atoms with Gasteiger partial charge in [-0.2, -0.15) is 0 Å². The number of piperidine rings is 1. The lowest BCUT2D eigenvalue weighted by molar-refractivity contribution is -0.134. The van der Waals surface area contributed by atoms with Gasteiger partial charge in [-0.3, -0.25) is 9.59 Å². The van der Waals surface area contributed by atoms with E-state index in [0.29, 0.717) is 31.3 Å². The molecule has 2 aliphatic heterocycles. The van der Waals surface area contributed by atoms with Crippen molar-refractivity contribution in [2.75, 3.05) is 39.9 Å². The highest BCUT2D eigenvalue weighted by molar-refractivity contribution is 5.80. The number of likely N-dealkylation sites (tertiary alicyclic amines) is 2. The zero-order chi connectivity index (χ0) is 17.0. The van der Waals surface area contributed by atoms with Crippen molar-refractivity contribution in [3.05, 3.63) is 12.2 Å². The van der Waals surface area contributed by atoms with Crippen LogP contribution in [-0.2, 0) is 14.3 Å². The van der Waals surface area contributed by atoms with Crippen LogP contribution in [0.15, 0.2) is 12.2 Å². The Hall–Kier alpha value is -1.36. The van der Waals surface area contributed by atoms with Crippen LogP contribution in [0.25, 0.3) is 0 Å². The van der Waals surface area contributed by atoms with Gasteiger partial charge in [-0.1, -0.05) is 12.2 Å². The van der Waals surface area contributed by atoms with E-state index in [0.717, 1.165) is 58.3 Å². The van der Waals surface area contributed by atoms with Gasteiger partial charge in [-0.05, 0) is 38.0 Å². The van der Waals surface area contributed by atoms with E-state index in [9.17, 15) is 9.59 Å². The number of hydrogen-bond acceptors (Lipinski definition) is 3. The van der Waals surface area contributed by atoms with Crippen molar-refractivity contribution in [1.29, 1.82) is 0 Å². The van der Waals surface area contributed by atoms with Crippen molar-refractivity contribution in [1.82, 2.24) is 9.80 Å². The maximum Gasteiger partial charge on any atom is 0.223 e. The van der Waals surface area contributed by atoms with E-state index in [1.54, 1.807) is 7.11 Å². The third-order valence-corrected chi connectivity index (χ3v) is 5.91. The Bertz CT molecular complexity index is 495. The van der Waals surface area contributed by atoms with Crippen LogP contribution in [0, 0.1) is 11.3 Å². The van der Waals surface area contributed by atoms with Gasteiger partial charge in [0.1, 0.15) is 0 Å². The quantitative estimate of drug-likeness (QED) is 0.553. The SMILES string of the molecule is COCCCN1CC2(CCN(C(=O)C[C@@H]3C=CCC3)CC2)CC1=O. The molecule has 1 atom stereocenters. The van der Waals surface area contributed by atoms with Gasteiger partial charge in [-0.15, -0.1) is 0 Å². The van der Waals surface area contributed by atoms with Crippen LogP contribution in [0.4, 0.5) is 0 Å². The molecule has 0 aromatic heterocycles. The normalized spacial score (nSPS) is 25.9. The zero-order valence-electron chi connectivity index (χ0n) is 14.8. The number of hydrogen-bond donors (Lipinski definition) is 0. The molecule has 5 nitrogen and oxygen atoms in total. The summed E-state index contributed by atoms with van der Waals surface area (Å²) in [5.74, 6) is 1.02. The molecule has 2 saturated heterocycles. The molecular formula is C19H30N2O3. The van der Waals surface area contributed by atoms with Crippen LogP contribution in [-0.4, -0.2) is 61.5 Å². The fourth-order valence-corrected chi connectivity index (χ4v) is 4.37. The van der Waals surface area contributed by atoms with Crippen LogP contribution in [0.1, 0.15) is 44.9 Å². The van der Waals surface area contributed by atoms with Gasteiger partial charge in [0, 0.05) is 58.2 Å². The lowest BCUT2D eigenvalue weighted by atomic mass is 9.77. The summed E-state index contributed by atoms with van der Waals surface area (Å²) in [6.07, 6.45) is 10.8. The van der Waals surface area contributed by atoms with Crippen molar-refractivity contribution in [3.63, 3.8) is 0 Å². The Morgan fingerprint density at radius 2 is 2.17 bits per heavy atom. The molecule has 2 fully saturated rings. The number of allylic oxidation sites excluding steroid dienone is 2. The monoisotopic (exact) mass is 334 g/mol. The molecular weight excluding hydrogens is 304 g/mol. The van der Waals surface area contributed by atoms with Crippen molar-refractivity contribution in [3.8, 4) is 0 Å². The summed E-state index contributed by atoms with van der Waals surface area (Å²) in [7, 11) is 1.70. The predicted octanol–water partition coefficient (Wildman–Crippen LogP) is 2.22. The van der Waals surface area contributed by atoms with Gasteiger partial charge in [-0.25, -0.2) is 0 Å². The smallest absolute Gasteiger partial charge is 0.223 e. The lowest BCUT2D eigenvalue weighted by Gasteiger charge is -2.39. The summed E-state index contributed by atoms with van der Waals surface area (Å²) in [5, 5.41) is 0. The zero-order valence-corrected chi connectivity index (χ0v) is 14.8. The van der Waals surface area contributed by atoms with Gasteiger partial charge in [0.05, 0.1) is 0 Å². The van der Waals surface area contributed by atoms with E-state index < -0.39 is 0 Å². The number of methoxy groups -OCH3 is 1. The number of rotatable bonds is 6. The van der Waals surface area contributed by atoms with Gasteiger partial charge >= 0.3 is 0 Å². The minimum Gasteiger partial charge on any atom is -0.385 e. The first-order valence-electron chi connectivity index (χ1n) is 9.33. The summed E-state index contributed by atoms with van der Waals surface area (Å²) in [5.41, 5.74) is 0.105. The van der Waals surface area contributed by atoms with Gasteiger partial charge in [0.25, 0.3) is 0 Å². The Kier molecular flexibility index (Phi) is 5.59. The summed E-state index contributed by atoms with van der Waals surface area (Å²) in [6, 6.07) is 0. The minimum atomic E-state index is 0.105. The third-order valence-electron chi connectivity index (χ3n) is 5.91. The van der Waals surface area contributed by atoms with Gasteiger partial charge < -0.3 is 14.5 Å². The Morgan fingerprint density at radius 1 is 1.38 bits per heavy atom. The molecule has 5 heteroatoms. The summed E-state index contributed by atoms with van der Waals surface area (Å²) in [6.45, 7) is 3.99. The first-order valence-corrected chi connectivity index (χ1v) is 9.33. The van der Waals surface area contributed by atoms with Crippen LogP contribution >= 0.6 is 0 Å². The average Bonchev–Trinajstić information content (AvgIpc) is 3.17. The van der Waals surface area contributed by atoms with Crippen LogP contribution in [0.5, 0.6) is 0 Å². The van der Waals surface area contributed by atoms with E-state index in [-0.39, 0.29) is 11.3 Å². The number of nitrogens with zero attached hydrogens (tertiary/aromatic N) is 2. The molecule has 0 bridgehead atoms. The molecule has 0 radical (unpaired) electrons. The Morgan fingerprint density at radius 3 is 2.83 bits per heavy atom. The standard InChI is InChI=1S/C19H30N2O3/c1-24-12-4-9-21-15-19(14-18(21)23)7-10-20(11-8-19)17(22)13-16-5-2-3-6-16/h2,5,16H,3-4,6-15H2,1H3/t16-/m1/s1. The van der Waals surface area contributed by atoms with E-state index in [1.165, 1.54) is 0 Å². The predicted molar refractivity (Wildman–Crippen MR) is 92.4 cm³/mol. The fourth-order valence-electron chi connectivity index (χ4n) is 4.37. The van der Waals surface area contributed by atoms with E-state index in [1.807, 2.05) is 9.80 Å². The minimum absolute atomic E-state index is 0.105. The maximum absolute atomic E-state index is 12.5. The highest BCUT2D eigenvalue weighted by Crippen LogP contribution is 2.41. The second kappa shape index (κ2) is 7.68. The highest BCUT2D eigenvalue weighted by atomic mass is 16.5. The Labute approximate surface area is 145 Å². The topological polar surface area (TPSA) is 49.9 Å². The van der Waals surface area contributed by atoms with Crippen molar-refractivity contribution >= 4 is 11.8 Å².